The molecule has 8 aromatic carbocycles. The number of nitrogens with zero attached hydrogens (tertiary/aromatic N) is 2. The maximum Gasteiger partial charge on any atom is 0.333 e. The first-order chi connectivity index (χ1) is 26.8. The molecule has 256 valence electrons. The van der Waals surface area contributed by atoms with Crippen molar-refractivity contribution in [2.45, 2.75) is 26.2 Å². The van der Waals surface area contributed by atoms with Crippen LogP contribution in [0.25, 0.3) is 53.2 Å². The summed E-state index contributed by atoms with van der Waals surface area (Å²) in [6.07, 6.45) is 3.42. The highest BCUT2D eigenvalue weighted by molar-refractivity contribution is 7.26. The van der Waals surface area contributed by atoms with Crippen molar-refractivity contribution in [3.8, 4) is 22.3 Å². The molecule has 4 heteroatoms. The van der Waals surface area contributed by atoms with Crippen LogP contribution in [0, 0.1) is 0 Å². The number of rotatable bonds is 6. The largest absolute Gasteiger partial charge is 0.376 e. The van der Waals surface area contributed by atoms with Gasteiger partial charge in [0.15, 0.2) is 0 Å². The van der Waals surface area contributed by atoms with Crippen molar-refractivity contribution in [1.82, 2.24) is 0 Å². The third-order valence-corrected chi connectivity index (χ3v) is 12.7. The molecule has 0 saturated carbocycles. The van der Waals surface area contributed by atoms with E-state index in [1.165, 1.54) is 111 Å². The molecule has 0 radical (unpaired) electrons. The van der Waals surface area contributed by atoms with E-state index in [0.717, 1.165) is 6.42 Å². The number of para-hydroxylation sites is 2. The van der Waals surface area contributed by atoms with Gasteiger partial charge in [-0.15, -0.1) is 11.3 Å². The average molecular weight is 709 g/mol. The monoisotopic (exact) mass is 708 g/mol. The molecular weight excluding hydrogens is 671 g/mol. The van der Waals surface area contributed by atoms with E-state index in [2.05, 4.69) is 186 Å². The van der Waals surface area contributed by atoms with E-state index in [-0.39, 0.29) is 6.85 Å². The fourth-order valence-corrected chi connectivity index (χ4v) is 10.4. The first-order valence-electron chi connectivity index (χ1n) is 19.2. The number of aryl methyl sites for hydroxylation is 1. The molecule has 2 nitrogen and oxygen atoms in total. The van der Waals surface area contributed by atoms with Gasteiger partial charge in [0.1, 0.15) is 0 Å². The quantitative estimate of drug-likeness (QED) is 0.159. The van der Waals surface area contributed by atoms with Crippen molar-refractivity contribution in [3.05, 3.63) is 175 Å². The Kier molecular flexibility index (Phi) is 7.28. The summed E-state index contributed by atoms with van der Waals surface area (Å²) in [4.78, 5) is 5.26. The second-order valence-corrected chi connectivity index (χ2v) is 15.7. The van der Waals surface area contributed by atoms with Gasteiger partial charge in [0.2, 0.25) is 0 Å². The highest BCUT2D eigenvalue weighted by Gasteiger charge is 2.46. The minimum Gasteiger partial charge on any atom is -0.376 e. The summed E-state index contributed by atoms with van der Waals surface area (Å²) < 4.78 is 2.63. The zero-order valence-corrected chi connectivity index (χ0v) is 31.0. The van der Waals surface area contributed by atoms with E-state index >= 15 is 0 Å². The van der Waals surface area contributed by atoms with Gasteiger partial charge in [-0.05, 0) is 99.8 Å². The van der Waals surface area contributed by atoms with Crippen molar-refractivity contribution in [2.75, 3.05) is 9.71 Å². The minimum atomic E-state index is -0.0461. The third-order valence-electron chi connectivity index (χ3n) is 11.6. The molecule has 0 bridgehead atoms. The number of anilines is 5. The van der Waals surface area contributed by atoms with Crippen molar-refractivity contribution in [3.63, 3.8) is 0 Å². The topological polar surface area (TPSA) is 6.48 Å². The van der Waals surface area contributed by atoms with Crippen LogP contribution in [0.1, 0.15) is 25.3 Å². The van der Waals surface area contributed by atoms with Crippen molar-refractivity contribution >= 4 is 88.5 Å². The zero-order chi connectivity index (χ0) is 35.8. The van der Waals surface area contributed by atoms with Crippen LogP contribution in [0.15, 0.2) is 170 Å². The van der Waals surface area contributed by atoms with Crippen molar-refractivity contribution in [1.29, 1.82) is 0 Å². The minimum absolute atomic E-state index is 0.0461. The Morgan fingerprint density at radius 1 is 0.574 bits per heavy atom. The molecule has 1 aromatic heterocycles. The summed E-state index contributed by atoms with van der Waals surface area (Å²) in [7, 11) is 0. The second-order valence-electron chi connectivity index (χ2n) is 14.7. The Labute approximate surface area is 320 Å². The van der Waals surface area contributed by atoms with E-state index in [1.54, 1.807) is 0 Å². The molecule has 54 heavy (non-hydrogen) atoms. The van der Waals surface area contributed by atoms with Crippen molar-refractivity contribution < 1.29 is 0 Å². The van der Waals surface area contributed by atoms with Crippen LogP contribution in [-0.2, 0) is 6.42 Å². The van der Waals surface area contributed by atoms with E-state index in [1.807, 2.05) is 11.3 Å². The average Bonchev–Trinajstić information content (AvgIpc) is 3.62. The van der Waals surface area contributed by atoms with Crippen molar-refractivity contribution in [2.24, 2.45) is 0 Å². The number of hydrogen-bond acceptors (Lipinski definition) is 3. The lowest BCUT2D eigenvalue weighted by Crippen LogP contribution is -2.61. The lowest BCUT2D eigenvalue weighted by molar-refractivity contribution is 0.795. The molecule has 2 aliphatic rings. The molecule has 0 N–H and O–H groups in total. The number of unbranched alkanes of at least 4 members (excludes halogenated alkanes) is 1. The van der Waals surface area contributed by atoms with E-state index in [9.17, 15) is 0 Å². The van der Waals surface area contributed by atoms with E-state index in [0.29, 0.717) is 0 Å². The molecule has 11 rings (SSSR count). The van der Waals surface area contributed by atoms with Crippen LogP contribution < -0.4 is 20.6 Å². The highest BCUT2D eigenvalue weighted by atomic mass is 32.1. The molecule has 9 aromatic rings. The number of benzene rings is 8. The number of thiophene rings is 1. The molecule has 0 amide bonds. The molecule has 0 atom stereocenters. The fraction of sp³-hybridized carbons (Fsp3) is 0.0800. The Hall–Kier alpha value is -6.10. The summed E-state index contributed by atoms with van der Waals surface area (Å²) in [6.45, 7) is 2.24. The van der Waals surface area contributed by atoms with Crippen LogP contribution in [-0.4, -0.2) is 6.85 Å². The van der Waals surface area contributed by atoms with Crippen LogP contribution in [0.5, 0.6) is 0 Å². The Balaban J connectivity index is 1.33. The Morgan fingerprint density at radius 3 is 2.17 bits per heavy atom. The lowest BCUT2D eigenvalue weighted by atomic mass is 9.43. The molecule has 0 aliphatic carbocycles. The van der Waals surface area contributed by atoms with Gasteiger partial charge in [-0.3, -0.25) is 0 Å². The van der Waals surface area contributed by atoms with Crippen LogP contribution >= 0.6 is 11.3 Å². The summed E-state index contributed by atoms with van der Waals surface area (Å²) in [5.41, 5.74) is 15.4. The number of fused-ring (bicyclic) bond motifs is 10. The summed E-state index contributed by atoms with van der Waals surface area (Å²) in [5.74, 6) is 0. The second kappa shape index (κ2) is 12.5. The Morgan fingerprint density at radius 2 is 1.31 bits per heavy atom. The molecule has 0 spiro atoms. The maximum atomic E-state index is 2.65. The summed E-state index contributed by atoms with van der Waals surface area (Å²) in [6, 6.07) is 63.7. The summed E-state index contributed by atoms with van der Waals surface area (Å²) in [5, 5.41) is 5.19. The lowest BCUT2D eigenvalue weighted by Gasteiger charge is -2.46. The van der Waals surface area contributed by atoms with E-state index < -0.39 is 0 Å². The third kappa shape index (κ3) is 4.66. The molecule has 2 aliphatic heterocycles. The predicted molar refractivity (Wildman–Crippen MR) is 235 cm³/mol. The van der Waals surface area contributed by atoms with Crippen LogP contribution in [0.2, 0.25) is 0 Å². The van der Waals surface area contributed by atoms with Gasteiger partial charge in [0.25, 0.3) is 0 Å². The molecule has 0 fully saturated rings. The van der Waals surface area contributed by atoms with Crippen LogP contribution in [0.4, 0.5) is 28.4 Å². The molecule has 0 saturated heterocycles. The first-order valence-corrected chi connectivity index (χ1v) is 20.0. The smallest absolute Gasteiger partial charge is 0.333 e. The Bertz CT molecular complexity index is 2900. The summed E-state index contributed by atoms with van der Waals surface area (Å²) >= 11 is 1.90. The zero-order valence-electron chi connectivity index (χ0n) is 30.2. The maximum absolute atomic E-state index is 2.65. The van der Waals surface area contributed by atoms with Crippen LogP contribution in [0.3, 0.4) is 0 Å². The van der Waals surface area contributed by atoms with Gasteiger partial charge in [-0.1, -0.05) is 135 Å². The van der Waals surface area contributed by atoms with E-state index in [4.69, 9.17) is 0 Å². The molecular formula is C50H37BN2S. The van der Waals surface area contributed by atoms with Gasteiger partial charge in [-0.2, -0.15) is 0 Å². The standard InChI is InChI=1S/C50H37BN2S/c1-2-3-16-33-27-29-42(40(31-33)34-17-6-4-7-18-34)52-44-32-35-19-10-11-22-37(35)47-38-23-12-14-25-43(38)53(36-20-8-5-9-21-36)51(49(44)47)41-28-30-46-48(50(41)52)39-24-13-15-26-45(39)54-46/h4-15,17-32H,2-3,16H2,1H3. The first kappa shape index (κ1) is 31.4. The highest BCUT2D eigenvalue weighted by Crippen LogP contribution is 2.53. The number of hydrogen-bond donors (Lipinski definition) is 0. The molecule has 3 heterocycles. The SMILES string of the molecule is CCCCc1ccc(N2c3cc4ccccc4c4c3B(c3ccc5sc6ccccc6c5c32)N(c2ccccc2)c2ccccc2-4)c(-c2ccccc2)c1. The van der Waals surface area contributed by atoms with Gasteiger partial charge in [0, 0.05) is 48.4 Å². The normalized spacial score (nSPS) is 13.0. The van der Waals surface area contributed by atoms with Gasteiger partial charge >= 0.3 is 6.85 Å². The molecule has 0 unspecified atom stereocenters. The predicted octanol–water partition coefficient (Wildman–Crippen LogP) is 12.9. The fourth-order valence-electron chi connectivity index (χ4n) is 9.25. The van der Waals surface area contributed by atoms with Gasteiger partial charge < -0.3 is 9.71 Å². The van der Waals surface area contributed by atoms with Gasteiger partial charge in [-0.25, -0.2) is 0 Å². The van der Waals surface area contributed by atoms with Gasteiger partial charge in [0.05, 0.1) is 11.4 Å².